The van der Waals surface area contributed by atoms with E-state index in [0.29, 0.717) is 6.54 Å². The minimum atomic E-state index is -0.371. The minimum absolute atomic E-state index is 0.190. The summed E-state index contributed by atoms with van der Waals surface area (Å²) in [6, 6.07) is 3.29. The van der Waals surface area contributed by atoms with Crippen molar-refractivity contribution >= 4 is 16.3 Å². The first-order valence-corrected chi connectivity index (χ1v) is 4.55. The molecule has 0 bridgehead atoms. The molecule has 1 aromatic heterocycles. The molecule has 1 rings (SSSR count). The van der Waals surface area contributed by atoms with Crippen LogP contribution in [-0.2, 0) is 6.54 Å². The van der Waals surface area contributed by atoms with Crippen LogP contribution in [0.4, 0.5) is 5.00 Å². The second-order valence-corrected chi connectivity index (χ2v) is 3.87. The van der Waals surface area contributed by atoms with Gasteiger partial charge in [-0.1, -0.05) is 11.3 Å². The molecule has 0 atom stereocenters. The Bertz CT molecular complexity index is 298. The highest BCUT2D eigenvalue weighted by Crippen LogP contribution is 2.23. The number of hydrazine groups is 1. The fraction of sp³-hybridized carbons (Fsp3) is 0.429. The van der Waals surface area contributed by atoms with E-state index in [-0.39, 0.29) is 9.92 Å². The van der Waals surface area contributed by atoms with Crippen LogP contribution in [0.1, 0.15) is 4.88 Å². The summed E-state index contributed by atoms with van der Waals surface area (Å²) in [4.78, 5) is 10.9. The Morgan fingerprint density at radius 1 is 1.62 bits per heavy atom. The molecule has 0 aliphatic carbocycles. The molecule has 0 aliphatic heterocycles. The van der Waals surface area contributed by atoms with Gasteiger partial charge in [-0.05, 0) is 6.07 Å². The van der Waals surface area contributed by atoms with Gasteiger partial charge in [0.1, 0.15) is 0 Å². The second-order valence-electron chi connectivity index (χ2n) is 2.73. The van der Waals surface area contributed by atoms with Gasteiger partial charge in [0.05, 0.1) is 4.92 Å². The van der Waals surface area contributed by atoms with Crippen LogP contribution in [0.3, 0.4) is 0 Å². The first kappa shape index (κ1) is 10.1. The first-order valence-electron chi connectivity index (χ1n) is 3.73. The molecule has 13 heavy (non-hydrogen) atoms. The Hall–Kier alpha value is -0.980. The number of nitro groups is 1. The Labute approximate surface area is 80.1 Å². The molecule has 0 aliphatic rings. The smallest absolute Gasteiger partial charge is 0.258 e. The van der Waals surface area contributed by atoms with E-state index in [1.54, 1.807) is 6.07 Å². The van der Waals surface area contributed by atoms with E-state index >= 15 is 0 Å². The summed E-state index contributed by atoms with van der Waals surface area (Å²) < 4.78 is 0. The van der Waals surface area contributed by atoms with Crippen molar-refractivity contribution in [1.82, 2.24) is 10.4 Å². The van der Waals surface area contributed by atoms with E-state index in [1.165, 1.54) is 17.4 Å². The maximum atomic E-state index is 10.3. The van der Waals surface area contributed by atoms with Crippen LogP contribution in [0.2, 0.25) is 0 Å². The van der Waals surface area contributed by atoms with Crippen molar-refractivity contribution < 1.29 is 4.92 Å². The fourth-order valence-corrected chi connectivity index (χ4v) is 1.55. The highest BCUT2D eigenvalue weighted by molar-refractivity contribution is 7.15. The van der Waals surface area contributed by atoms with Crippen LogP contribution < -0.4 is 5.43 Å². The number of nitrogens with zero attached hydrogens (tertiary/aromatic N) is 2. The monoisotopic (exact) mass is 201 g/mol. The van der Waals surface area contributed by atoms with Crippen LogP contribution >= 0.6 is 11.3 Å². The van der Waals surface area contributed by atoms with Crippen LogP contribution in [0.25, 0.3) is 0 Å². The summed E-state index contributed by atoms with van der Waals surface area (Å²) in [7, 11) is 3.75. The zero-order valence-corrected chi connectivity index (χ0v) is 8.30. The third-order valence-electron chi connectivity index (χ3n) is 1.40. The maximum Gasteiger partial charge on any atom is 0.324 e. The highest BCUT2D eigenvalue weighted by Gasteiger charge is 2.08. The Morgan fingerprint density at radius 2 is 2.31 bits per heavy atom. The molecule has 0 saturated carbocycles. The standard InChI is InChI=1S/C7H11N3O2S/c1-9(2)8-5-6-3-4-7(13-6)10(11)12/h3-4,8H,5H2,1-2H3. The molecular formula is C7H11N3O2S. The lowest BCUT2D eigenvalue weighted by molar-refractivity contribution is -0.380. The van der Waals surface area contributed by atoms with Gasteiger partial charge in [0.25, 0.3) is 0 Å². The molecule has 0 amide bonds. The molecular weight excluding hydrogens is 190 g/mol. The average Bonchev–Trinajstić information content (AvgIpc) is 2.48. The van der Waals surface area contributed by atoms with Crippen molar-refractivity contribution in [2.75, 3.05) is 14.1 Å². The van der Waals surface area contributed by atoms with Crippen molar-refractivity contribution in [1.29, 1.82) is 0 Å². The predicted octanol–water partition coefficient (Wildman–Crippen LogP) is 1.22. The molecule has 1 aromatic rings. The predicted molar refractivity (Wildman–Crippen MR) is 51.5 cm³/mol. The molecule has 1 N–H and O–H groups in total. The summed E-state index contributed by atoms with van der Waals surface area (Å²) in [6.07, 6.45) is 0. The van der Waals surface area contributed by atoms with Crippen molar-refractivity contribution in [3.8, 4) is 0 Å². The topological polar surface area (TPSA) is 58.4 Å². The summed E-state index contributed by atoms with van der Waals surface area (Å²) >= 11 is 1.19. The molecule has 5 nitrogen and oxygen atoms in total. The van der Waals surface area contributed by atoms with Gasteiger partial charge in [-0.25, -0.2) is 0 Å². The Balaban J connectivity index is 2.54. The van der Waals surface area contributed by atoms with Gasteiger partial charge in [-0.15, -0.1) is 0 Å². The molecule has 6 heteroatoms. The van der Waals surface area contributed by atoms with Gasteiger partial charge in [-0.3, -0.25) is 20.5 Å². The fourth-order valence-electron chi connectivity index (χ4n) is 0.796. The molecule has 0 aromatic carbocycles. The summed E-state index contributed by atoms with van der Waals surface area (Å²) in [6.45, 7) is 0.630. The molecule has 0 spiro atoms. The van der Waals surface area contributed by atoms with Gasteiger partial charge < -0.3 is 0 Å². The molecule has 0 fully saturated rings. The van der Waals surface area contributed by atoms with Crippen molar-refractivity contribution in [3.63, 3.8) is 0 Å². The Kier molecular flexibility index (Phi) is 3.35. The first-order chi connectivity index (χ1) is 6.09. The van der Waals surface area contributed by atoms with Crippen molar-refractivity contribution in [2.45, 2.75) is 6.54 Å². The summed E-state index contributed by atoms with van der Waals surface area (Å²) in [5.41, 5.74) is 3.04. The van der Waals surface area contributed by atoms with E-state index in [4.69, 9.17) is 0 Å². The summed E-state index contributed by atoms with van der Waals surface area (Å²) in [5, 5.41) is 12.3. The SMILES string of the molecule is CN(C)NCc1ccc([N+](=O)[O-])s1. The van der Waals surface area contributed by atoms with Gasteiger partial charge in [0.2, 0.25) is 0 Å². The Morgan fingerprint density at radius 3 is 2.77 bits per heavy atom. The number of rotatable bonds is 4. The molecule has 1 heterocycles. The third kappa shape index (κ3) is 3.10. The average molecular weight is 201 g/mol. The second kappa shape index (κ2) is 4.31. The van der Waals surface area contributed by atoms with Gasteiger partial charge in [0, 0.05) is 31.6 Å². The van der Waals surface area contributed by atoms with Gasteiger partial charge in [0.15, 0.2) is 0 Å². The largest absolute Gasteiger partial charge is 0.324 e. The zero-order valence-electron chi connectivity index (χ0n) is 7.48. The van der Waals surface area contributed by atoms with E-state index in [0.717, 1.165) is 4.88 Å². The minimum Gasteiger partial charge on any atom is -0.258 e. The molecule has 0 saturated heterocycles. The van der Waals surface area contributed by atoms with E-state index in [1.807, 2.05) is 19.1 Å². The van der Waals surface area contributed by atoms with Gasteiger partial charge in [-0.2, -0.15) is 0 Å². The lowest BCUT2D eigenvalue weighted by Gasteiger charge is -2.09. The van der Waals surface area contributed by atoms with Crippen LogP contribution in [-0.4, -0.2) is 24.0 Å². The third-order valence-corrected chi connectivity index (χ3v) is 2.43. The quantitative estimate of drug-likeness (QED) is 0.588. The lowest BCUT2D eigenvalue weighted by atomic mass is 10.5. The van der Waals surface area contributed by atoms with Crippen molar-refractivity contribution in [3.05, 3.63) is 27.1 Å². The summed E-state index contributed by atoms with van der Waals surface area (Å²) in [5.74, 6) is 0. The maximum absolute atomic E-state index is 10.3. The highest BCUT2D eigenvalue weighted by atomic mass is 32.1. The van der Waals surface area contributed by atoms with Crippen LogP contribution in [0.5, 0.6) is 0 Å². The van der Waals surface area contributed by atoms with E-state index < -0.39 is 0 Å². The number of hydrogen-bond donors (Lipinski definition) is 1. The van der Waals surface area contributed by atoms with Crippen LogP contribution in [0.15, 0.2) is 12.1 Å². The normalized spacial score (nSPS) is 10.7. The van der Waals surface area contributed by atoms with Crippen LogP contribution in [0, 0.1) is 10.1 Å². The number of nitrogens with one attached hydrogen (secondary N) is 1. The molecule has 0 radical (unpaired) electrons. The number of hydrogen-bond acceptors (Lipinski definition) is 5. The molecule has 72 valence electrons. The number of thiophene rings is 1. The van der Waals surface area contributed by atoms with Crippen molar-refractivity contribution in [2.24, 2.45) is 0 Å². The lowest BCUT2D eigenvalue weighted by Crippen LogP contribution is -2.29. The van der Waals surface area contributed by atoms with E-state index in [2.05, 4.69) is 5.43 Å². The zero-order chi connectivity index (χ0) is 9.84. The van der Waals surface area contributed by atoms with E-state index in [9.17, 15) is 10.1 Å². The van der Waals surface area contributed by atoms with Gasteiger partial charge >= 0.3 is 5.00 Å². The molecule has 0 unspecified atom stereocenters.